The lowest BCUT2D eigenvalue weighted by molar-refractivity contribution is -0.139. The standard InChI is InChI=1S/C20H16ClF3N2O3/c21-15-7-8-17(19-13(15)5-3-9-25-19)29-11-18(28)26-10-16(27)12-4-1-2-6-14(12)20(22,23)24/h1-9,16,27H,10-11H2,(H,26,28). The molecule has 0 fully saturated rings. The van der Waals surface area contributed by atoms with E-state index in [0.29, 0.717) is 21.7 Å². The molecule has 29 heavy (non-hydrogen) atoms. The fourth-order valence-corrected chi connectivity index (χ4v) is 3.00. The molecule has 2 N–H and O–H groups in total. The van der Waals surface area contributed by atoms with Crippen LogP contribution in [0.5, 0.6) is 5.75 Å². The number of carbonyl (C=O) groups excluding carboxylic acids is 1. The molecule has 0 aliphatic heterocycles. The van der Waals surface area contributed by atoms with Crippen LogP contribution in [0, 0.1) is 0 Å². The molecule has 0 spiro atoms. The zero-order valence-corrected chi connectivity index (χ0v) is 15.7. The molecular weight excluding hydrogens is 409 g/mol. The van der Waals surface area contributed by atoms with Crippen LogP contribution in [-0.4, -0.2) is 29.1 Å². The lowest BCUT2D eigenvalue weighted by Gasteiger charge is -2.18. The fourth-order valence-electron chi connectivity index (χ4n) is 2.79. The van der Waals surface area contributed by atoms with E-state index in [1.807, 2.05) is 0 Å². The van der Waals surface area contributed by atoms with Crippen LogP contribution < -0.4 is 10.1 Å². The number of rotatable bonds is 6. The zero-order valence-electron chi connectivity index (χ0n) is 14.9. The van der Waals surface area contributed by atoms with Crippen LogP contribution in [-0.2, 0) is 11.0 Å². The van der Waals surface area contributed by atoms with E-state index in [2.05, 4.69) is 10.3 Å². The van der Waals surface area contributed by atoms with Gasteiger partial charge in [0, 0.05) is 18.1 Å². The number of nitrogens with zero attached hydrogens (tertiary/aromatic N) is 1. The molecule has 0 aliphatic carbocycles. The summed E-state index contributed by atoms with van der Waals surface area (Å²) in [6.07, 6.45) is -4.57. The van der Waals surface area contributed by atoms with Crippen molar-refractivity contribution in [1.29, 1.82) is 0 Å². The topological polar surface area (TPSA) is 71.5 Å². The van der Waals surface area contributed by atoms with E-state index >= 15 is 0 Å². The Balaban J connectivity index is 1.61. The smallest absolute Gasteiger partial charge is 0.416 e. The monoisotopic (exact) mass is 424 g/mol. The van der Waals surface area contributed by atoms with Crippen molar-refractivity contribution in [3.8, 4) is 5.75 Å². The number of nitrogens with one attached hydrogen (secondary N) is 1. The number of halogens is 4. The largest absolute Gasteiger partial charge is 0.481 e. The molecule has 0 aliphatic rings. The first-order valence-electron chi connectivity index (χ1n) is 8.54. The summed E-state index contributed by atoms with van der Waals surface area (Å²) in [5, 5.41) is 13.6. The van der Waals surface area contributed by atoms with Gasteiger partial charge in [-0.3, -0.25) is 9.78 Å². The van der Waals surface area contributed by atoms with Crippen molar-refractivity contribution in [3.05, 3.63) is 70.9 Å². The second-order valence-electron chi connectivity index (χ2n) is 6.14. The van der Waals surface area contributed by atoms with E-state index in [1.165, 1.54) is 18.2 Å². The highest BCUT2D eigenvalue weighted by atomic mass is 35.5. The van der Waals surface area contributed by atoms with E-state index in [9.17, 15) is 23.1 Å². The molecule has 9 heteroatoms. The van der Waals surface area contributed by atoms with Crippen molar-refractivity contribution in [2.75, 3.05) is 13.2 Å². The number of ether oxygens (including phenoxy) is 1. The van der Waals surface area contributed by atoms with Gasteiger partial charge in [-0.25, -0.2) is 0 Å². The summed E-state index contributed by atoms with van der Waals surface area (Å²) >= 11 is 6.10. The normalized spacial score (nSPS) is 12.6. The highest BCUT2D eigenvalue weighted by molar-refractivity contribution is 6.35. The van der Waals surface area contributed by atoms with Gasteiger partial charge in [0.05, 0.1) is 16.7 Å². The van der Waals surface area contributed by atoms with Gasteiger partial charge in [0.2, 0.25) is 0 Å². The van der Waals surface area contributed by atoms with Gasteiger partial charge in [-0.05, 0) is 35.9 Å². The second-order valence-corrected chi connectivity index (χ2v) is 6.55. The maximum absolute atomic E-state index is 13.0. The highest BCUT2D eigenvalue weighted by Crippen LogP contribution is 2.34. The van der Waals surface area contributed by atoms with Gasteiger partial charge in [0.15, 0.2) is 6.61 Å². The quantitative estimate of drug-likeness (QED) is 0.624. The zero-order chi connectivity index (χ0) is 21.0. The van der Waals surface area contributed by atoms with Gasteiger partial charge in [-0.1, -0.05) is 29.8 Å². The van der Waals surface area contributed by atoms with E-state index in [1.54, 1.807) is 30.5 Å². The molecule has 1 atom stereocenters. The van der Waals surface area contributed by atoms with E-state index in [-0.39, 0.29) is 5.56 Å². The van der Waals surface area contributed by atoms with E-state index in [0.717, 1.165) is 6.07 Å². The average molecular weight is 425 g/mol. The number of hydrogen-bond acceptors (Lipinski definition) is 4. The predicted octanol–water partition coefficient (Wildman–Crippen LogP) is 4.14. The Morgan fingerprint density at radius 2 is 1.93 bits per heavy atom. The van der Waals surface area contributed by atoms with Crippen LogP contribution in [0.3, 0.4) is 0 Å². The molecule has 3 aromatic rings. The minimum absolute atomic E-state index is 0.311. The summed E-state index contributed by atoms with van der Waals surface area (Å²) in [6, 6.07) is 11.3. The summed E-state index contributed by atoms with van der Waals surface area (Å²) in [6.45, 7) is -0.796. The average Bonchev–Trinajstić information content (AvgIpc) is 2.71. The van der Waals surface area contributed by atoms with Gasteiger partial charge < -0.3 is 15.2 Å². The molecule has 2 aromatic carbocycles. The van der Waals surface area contributed by atoms with Crippen molar-refractivity contribution in [3.63, 3.8) is 0 Å². The van der Waals surface area contributed by atoms with Crippen LogP contribution in [0.1, 0.15) is 17.2 Å². The molecule has 0 saturated heterocycles. The number of carbonyl (C=O) groups is 1. The molecule has 0 radical (unpaired) electrons. The third-order valence-electron chi connectivity index (χ3n) is 4.16. The molecule has 152 valence electrons. The predicted molar refractivity (Wildman–Crippen MR) is 102 cm³/mol. The second kappa shape index (κ2) is 8.67. The van der Waals surface area contributed by atoms with E-state index in [4.69, 9.17) is 16.3 Å². The molecule has 3 rings (SSSR count). The van der Waals surface area contributed by atoms with E-state index < -0.39 is 36.9 Å². The van der Waals surface area contributed by atoms with Gasteiger partial charge in [0.1, 0.15) is 11.3 Å². The number of hydrogen-bond donors (Lipinski definition) is 2. The van der Waals surface area contributed by atoms with Gasteiger partial charge >= 0.3 is 6.18 Å². The lowest BCUT2D eigenvalue weighted by atomic mass is 10.0. The first kappa shape index (κ1) is 20.9. The Hall–Kier alpha value is -2.84. The van der Waals surface area contributed by atoms with Gasteiger partial charge in [-0.2, -0.15) is 13.2 Å². The van der Waals surface area contributed by atoms with Crippen LogP contribution in [0.15, 0.2) is 54.7 Å². The molecule has 0 bridgehead atoms. The number of aliphatic hydroxyl groups is 1. The van der Waals surface area contributed by atoms with Crippen LogP contribution in [0.2, 0.25) is 5.02 Å². The number of amides is 1. The fraction of sp³-hybridized carbons (Fsp3) is 0.200. The minimum atomic E-state index is -4.60. The number of alkyl halides is 3. The Morgan fingerprint density at radius 3 is 2.69 bits per heavy atom. The van der Waals surface area contributed by atoms with Gasteiger partial charge in [-0.15, -0.1) is 0 Å². The van der Waals surface area contributed by atoms with Crippen molar-refractivity contribution < 1.29 is 27.8 Å². The SMILES string of the molecule is O=C(COc1ccc(Cl)c2cccnc12)NCC(O)c1ccccc1C(F)(F)F. The summed E-state index contributed by atoms with van der Waals surface area (Å²) in [5.41, 5.74) is -0.780. The third kappa shape index (κ3) is 4.96. The minimum Gasteiger partial charge on any atom is -0.481 e. The number of benzene rings is 2. The maximum Gasteiger partial charge on any atom is 0.416 e. The molecule has 1 amide bonds. The molecule has 1 unspecified atom stereocenters. The third-order valence-corrected chi connectivity index (χ3v) is 4.49. The van der Waals surface area contributed by atoms with Crippen LogP contribution >= 0.6 is 11.6 Å². The first-order valence-corrected chi connectivity index (χ1v) is 8.92. The molecule has 5 nitrogen and oxygen atoms in total. The molecular formula is C20H16ClF3N2O3. The van der Waals surface area contributed by atoms with Gasteiger partial charge in [0.25, 0.3) is 5.91 Å². The summed E-state index contributed by atoms with van der Waals surface area (Å²) in [5.74, 6) is -0.268. The summed E-state index contributed by atoms with van der Waals surface area (Å²) in [7, 11) is 0. The summed E-state index contributed by atoms with van der Waals surface area (Å²) in [4.78, 5) is 16.2. The number of pyridine rings is 1. The number of aliphatic hydroxyl groups excluding tert-OH is 1. The van der Waals surface area contributed by atoms with Crippen molar-refractivity contribution in [1.82, 2.24) is 10.3 Å². The molecule has 1 heterocycles. The van der Waals surface area contributed by atoms with Crippen molar-refractivity contribution in [2.45, 2.75) is 12.3 Å². The van der Waals surface area contributed by atoms with Crippen LogP contribution in [0.25, 0.3) is 10.9 Å². The summed E-state index contributed by atoms with van der Waals surface area (Å²) < 4.78 is 44.6. The highest BCUT2D eigenvalue weighted by Gasteiger charge is 2.34. The number of fused-ring (bicyclic) bond motifs is 1. The molecule has 0 saturated carbocycles. The Labute approximate surface area is 169 Å². The maximum atomic E-state index is 13.0. The molecule has 1 aromatic heterocycles. The van der Waals surface area contributed by atoms with Crippen molar-refractivity contribution >= 4 is 28.4 Å². The Bertz CT molecular complexity index is 1030. The van der Waals surface area contributed by atoms with Crippen LogP contribution in [0.4, 0.5) is 13.2 Å². The lowest BCUT2D eigenvalue weighted by Crippen LogP contribution is -2.33. The van der Waals surface area contributed by atoms with Crippen molar-refractivity contribution in [2.24, 2.45) is 0 Å². The first-order chi connectivity index (χ1) is 13.8. The Morgan fingerprint density at radius 1 is 1.17 bits per heavy atom. The number of aromatic nitrogens is 1. The Kier molecular flexibility index (Phi) is 6.24.